The molecule has 0 spiro atoms. The fourth-order valence-corrected chi connectivity index (χ4v) is 2.53. The van der Waals surface area contributed by atoms with Gasteiger partial charge in [0, 0.05) is 24.5 Å². The third-order valence-electron chi connectivity index (χ3n) is 2.30. The van der Waals surface area contributed by atoms with Crippen molar-refractivity contribution in [2.24, 2.45) is 0 Å². The lowest BCUT2D eigenvalue weighted by atomic mass is 10.3. The maximum absolute atomic E-state index is 12.2. The van der Waals surface area contributed by atoms with Gasteiger partial charge in [-0.1, -0.05) is 6.92 Å². The van der Waals surface area contributed by atoms with E-state index < -0.39 is 10.0 Å². The van der Waals surface area contributed by atoms with Gasteiger partial charge in [0.25, 0.3) is 10.0 Å². The Morgan fingerprint density at radius 2 is 2.05 bits per heavy atom. The van der Waals surface area contributed by atoms with Gasteiger partial charge < -0.3 is 5.32 Å². The molecule has 0 unspecified atom stereocenters. The Kier molecular flexibility index (Phi) is 4.07. The SMILES string of the molecule is CCNCc1cn[nH]c1S(=O)(=O)Nc1ncccn1. The number of sulfonamides is 1. The van der Waals surface area contributed by atoms with Gasteiger partial charge in [0.2, 0.25) is 5.95 Å². The molecule has 102 valence electrons. The molecule has 0 amide bonds. The Labute approximate surface area is 110 Å². The van der Waals surface area contributed by atoms with Crippen LogP contribution in [0.1, 0.15) is 12.5 Å². The molecule has 0 saturated heterocycles. The summed E-state index contributed by atoms with van der Waals surface area (Å²) in [5.41, 5.74) is 0.560. The highest BCUT2D eigenvalue weighted by Gasteiger charge is 2.21. The van der Waals surface area contributed by atoms with E-state index >= 15 is 0 Å². The Balaban J connectivity index is 2.22. The molecule has 2 aromatic heterocycles. The van der Waals surface area contributed by atoms with Crippen LogP contribution in [0, 0.1) is 0 Å². The van der Waals surface area contributed by atoms with Gasteiger partial charge in [-0.05, 0) is 12.6 Å². The zero-order valence-electron chi connectivity index (χ0n) is 10.3. The van der Waals surface area contributed by atoms with Crippen LogP contribution in [-0.4, -0.2) is 35.1 Å². The summed E-state index contributed by atoms with van der Waals surface area (Å²) in [4.78, 5) is 7.63. The van der Waals surface area contributed by atoms with E-state index in [1.807, 2.05) is 6.92 Å². The van der Waals surface area contributed by atoms with Gasteiger partial charge in [0.15, 0.2) is 5.03 Å². The van der Waals surface area contributed by atoms with Crippen LogP contribution < -0.4 is 10.0 Å². The van der Waals surface area contributed by atoms with Crippen LogP contribution in [0.25, 0.3) is 0 Å². The lowest BCUT2D eigenvalue weighted by Crippen LogP contribution is -2.19. The van der Waals surface area contributed by atoms with Crippen LogP contribution in [0.3, 0.4) is 0 Å². The molecule has 0 bridgehead atoms. The van der Waals surface area contributed by atoms with Crippen LogP contribution in [-0.2, 0) is 16.6 Å². The first-order valence-electron chi connectivity index (χ1n) is 5.66. The number of hydrogen-bond donors (Lipinski definition) is 3. The molecule has 2 rings (SSSR count). The summed E-state index contributed by atoms with van der Waals surface area (Å²) >= 11 is 0. The third-order valence-corrected chi connectivity index (χ3v) is 3.65. The van der Waals surface area contributed by atoms with Crippen molar-refractivity contribution in [3.8, 4) is 0 Å². The summed E-state index contributed by atoms with van der Waals surface area (Å²) in [6.45, 7) is 3.09. The number of nitrogens with zero attached hydrogens (tertiary/aromatic N) is 3. The predicted molar refractivity (Wildman–Crippen MR) is 68.8 cm³/mol. The summed E-state index contributed by atoms with van der Waals surface area (Å²) in [5, 5.41) is 9.30. The van der Waals surface area contributed by atoms with Crippen molar-refractivity contribution in [1.29, 1.82) is 0 Å². The van der Waals surface area contributed by atoms with Crippen LogP contribution in [0.4, 0.5) is 5.95 Å². The second-order valence-electron chi connectivity index (χ2n) is 3.68. The molecule has 0 aromatic carbocycles. The number of nitrogens with one attached hydrogen (secondary N) is 3. The summed E-state index contributed by atoms with van der Waals surface area (Å²) in [6, 6.07) is 1.60. The van der Waals surface area contributed by atoms with Gasteiger partial charge in [0.05, 0.1) is 6.20 Å². The molecule has 2 aromatic rings. The number of rotatable bonds is 6. The smallest absolute Gasteiger partial charge is 0.281 e. The molecule has 0 aliphatic carbocycles. The summed E-state index contributed by atoms with van der Waals surface area (Å²) in [5.74, 6) is 0.0199. The van der Waals surface area contributed by atoms with Crippen molar-refractivity contribution in [3.05, 3.63) is 30.2 Å². The first-order chi connectivity index (χ1) is 9.13. The molecule has 3 N–H and O–H groups in total. The topological polar surface area (TPSA) is 113 Å². The van der Waals surface area contributed by atoms with Crippen molar-refractivity contribution in [3.63, 3.8) is 0 Å². The highest BCUT2D eigenvalue weighted by Crippen LogP contribution is 2.14. The van der Waals surface area contributed by atoms with Crippen LogP contribution in [0.5, 0.6) is 0 Å². The molecular weight excluding hydrogens is 268 g/mol. The van der Waals surface area contributed by atoms with E-state index in [0.717, 1.165) is 6.54 Å². The fourth-order valence-electron chi connectivity index (χ4n) is 1.44. The van der Waals surface area contributed by atoms with E-state index in [0.29, 0.717) is 12.1 Å². The number of aromatic nitrogens is 4. The minimum atomic E-state index is -3.76. The first-order valence-corrected chi connectivity index (χ1v) is 7.14. The van der Waals surface area contributed by atoms with Crippen molar-refractivity contribution in [2.75, 3.05) is 11.3 Å². The number of hydrogen-bond acceptors (Lipinski definition) is 6. The summed E-state index contributed by atoms with van der Waals surface area (Å²) in [7, 11) is -3.76. The number of H-pyrrole nitrogens is 1. The highest BCUT2D eigenvalue weighted by molar-refractivity contribution is 7.92. The van der Waals surface area contributed by atoms with Gasteiger partial charge in [0.1, 0.15) is 0 Å². The number of anilines is 1. The molecule has 0 atom stereocenters. The Hall–Kier alpha value is -2.00. The summed E-state index contributed by atoms with van der Waals surface area (Å²) < 4.78 is 26.6. The predicted octanol–water partition coefficient (Wildman–Crippen LogP) is 0.110. The monoisotopic (exact) mass is 282 g/mol. The third kappa shape index (κ3) is 3.26. The lowest BCUT2D eigenvalue weighted by molar-refractivity contribution is 0.593. The number of aromatic amines is 1. The Bertz CT molecular complexity index is 624. The molecule has 0 saturated carbocycles. The van der Waals surface area contributed by atoms with Gasteiger partial charge in [-0.3, -0.25) is 5.10 Å². The van der Waals surface area contributed by atoms with E-state index in [1.54, 1.807) is 6.07 Å². The molecule has 2 heterocycles. The summed E-state index contributed by atoms with van der Waals surface area (Å²) in [6.07, 6.45) is 4.39. The molecule has 0 fully saturated rings. The normalized spacial score (nSPS) is 11.4. The van der Waals surface area contributed by atoms with Gasteiger partial charge in [-0.25, -0.2) is 14.7 Å². The maximum atomic E-state index is 12.2. The quantitative estimate of drug-likeness (QED) is 0.693. The zero-order chi connectivity index (χ0) is 13.7. The second kappa shape index (κ2) is 5.76. The van der Waals surface area contributed by atoms with Crippen LogP contribution in [0.15, 0.2) is 29.7 Å². The fraction of sp³-hybridized carbons (Fsp3) is 0.300. The minimum Gasteiger partial charge on any atom is -0.313 e. The molecule has 9 heteroatoms. The Morgan fingerprint density at radius 1 is 1.32 bits per heavy atom. The highest BCUT2D eigenvalue weighted by atomic mass is 32.2. The van der Waals surface area contributed by atoms with Gasteiger partial charge in [-0.2, -0.15) is 13.5 Å². The molecule has 0 radical (unpaired) electrons. The first kappa shape index (κ1) is 13.4. The standard InChI is InChI=1S/C10H14N6O2S/c1-2-11-6-8-7-14-15-9(8)19(17,18)16-10-12-4-3-5-13-10/h3-5,7,11H,2,6H2,1H3,(H,14,15)(H,12,13,16). The zero-order valence-corrected chi connectivity index (χ0v) is 11.1. The largest absolute Gasteiger partial charge is 0.313 e. The Morgan fingerprint density at radius 3 is 2.74 bits per heavy atom. The van der Waals surface area contributed by atoms with E-state index in [9.17, 15) is 8.42 Å². The molecular formula is C10H14N6O2S. The van der Waals surface area contributed by atoms with Gasteiger partial charge in [-0.15, -0.1) is 0 Å². The van der Waals surface area contributed by atoms with Crippen molar-refractivity contribution >= 4 is 16.0 Å². The van der Waals surface area contributed by atoms with Crippen LogP contribution >= 0.6 is 0 Å². The maximum Gasteiger partial charge on any atom is 0.281 e. The van der Waals surface area contributed by atoms with E-state index in [4.69, 9.17) is 0 Å². The van der Waals surface area contributed by atoms with E-state index in [2.05, 4.69) is 30.2 Å². The minimum absolute atomic E-state index is 0.0147. The molecule has 19 heavy (non-hydrogen) atoms. The van der Waals surface area contributed by atoms with E-state index in [1.165, 1.54) is 18.6 Å². The molecule has 8 nitrogen and oxygen atoms in total. The molecule has 0 aliphatic heterocycles. The average molecular weight is 282 g/mol. The molecule has 0 aliphatic rings. The van der Waals surface area contributed by atoms with Crippen molar-refractivity contribution in [2.45, 2.75) is 18.5 Å². The second-order valence-corrected chi connectivity index (χ2v) is 5.30. The van der Waals surface area contributed by atoms with Crippen molar-refractivity contribution in [1.82, 2.24) is 25.5 Å². The lowest BCUT2D eigenvalue weighted by Gasteiger charge is -2.06. The van der Waals surface area contributed by atoms with Crippen LogP contribution in [0.2, 0.25) is 0 Å². The van der Waals surface area contributed by atoms with Crippen molar-refractivity contribution < 1.29 is 8.42 Å². The average Bonchev–Trinajstić information content (AvgIpc) is 2.86. The van der Waals surface area contributed by atoms with E-state index in [-0.39, 0.29) is 11.0 Å². The van der Waals surface area contributed by atoms with Gasteiger partial charge >= 0.3 is 0 Å².